The van der Waals surface area contributed by atoms with Gasteiger partial charge in [-0.3, -0.25) is 0 Å². The number of carbonyl (C=O) groups is 1. The number of methoxy groups -OCH3 is 1. The van der Waals surface area contributed by atoms with Crippen molar-refractivity contribution in [3.05, 3.63) is 59.7 Å². The second-order valence-corrected chi connectivity index (χ2v) is 5.82. The Hall–Kier alpha value is -2.37. The van der Waals surface area contributed by atoms with E-state index in [9.17, 15) is 9.90 Å². The first-order valence-corrected chi connectivity index (χ1v) is 7.96. The van der Waals surface area contributed by atoms with Crippen LogP contribution in [0.3, 0.4) is 0 Å². The van der Waals surface area contributed by atoms with Crippen LogP contribution in [-0.4, -0.2) is 44.2 Å². The van der Waals surface area contributed by atoms with Crippen molar-refractivity contribution in [2.24, 2.45) is 0 Å². The molecule has 1 aliphatic rings. The minimum atomic E-state index is -0.740. The van der Waals surface area contributed by atoms with Gasteiger partial charge in [0.15, 0.2) is 0 Å². The SMILES string of the molecule is COC[C@H](O)CNC(=O)OCC1c2ccccc2-c2ccccc21. The molecule has 5 nitrogen and oxygen atoms in total. The van der Waals surface area contributed by atoms with E-state index in [2.05, 4.69) is 29.6 Å². The maximum atomic E-state index is 11.8. The summed E-state index contributed by atoms with van der Waals surface area (Å²) in [4.78, 5) is 11.8. The summed E-state index contributed by atoms with van der Waals surface area (Å²) in [5, 5.41) is 12.1. The first-order valence-electron chi connectivity index (χ1n) is 7.96. The van der Waals surface area contributed by atoms with Crippen LogP contribution in [0.4, 0.5) is 4.79 Å². The third kappa shape index (κ3) is 3.42. The van der Waals surface area contributed by atoms with Crippen LogP contribution < -0.4 is 5.32 Å². The number of alkyl carbamates (subject to hydrolysis) is 1. The lowest BCUT2D eigenvalue weighted by molar-refractivity contribution is 0.0621. The average Bonchev–Trinajstić information content (AvgIpc) is 2.92. The van der Waals surface area contributed by atoms with Crippen LogP contribution in [0.25, 0.3) is 11.1 Å². The number of fused-ring (bicyclic) bond motifs is 3. The Kier molecular flexibility index (Phi) is 5.13. The van der Waals surface area contributed by atoms with Gasteiger partial charge in [-0.15, -0.1) is 0 Å². The van der Waals surface area contributed by atoms with E-state index in [0.717, 1.165) is 0 Å². The number of hydrogen-bond donors (Lipinski definition) is 2. The van der Waals surface area contributed by atoms with Gasteiger partial charge in [0, 0.05) is 19.6 Å². The predicted octanol–water partition coefficient (Wildman–Crippen LogP) is 2.53. The molecule has 0 saturated heterocycles. The molecule has 0 aromatic heterocycles. The molecule has 0 spiro atoms. The lowest BCUT2D eigenvalue weighted by Gasteiger charge is -2.15. The van der Waals surface area contributed by atoms with Gasteiger partial charge in [-0.1, -0.05) is 48.5 Å². The van der Waals surface area contributed by atoms with Gasteiger partial charge in [-0.25, -0.2) is 4.79 Å². The van der Waals surface area contributed by atoms with E-state index in [1.54, 1.807) is 0 Å². The molecule has 24 heavy (non-hydrogen) atoms. The lowest BCUT2D eigenvalue weighted by atomic mass is 9.98. The minimum absolute atomic E-state index is 0.0343. The van der Waals surface area contributed by atoms with E-state index >= 15 is 0 Å². The number of aliphatic hydroxyl groups excluding tert-OH is 1. The zero-order valence-electron chi connectivity index (χ0n) is 13.6. The van der Waals surface area contributed by atoms with Gasteiger partial charge in [0.1, 0.15) is 6.61 Å². The van der Waals surface area contributed by atoms with Gasteiger partial charge in [-0.05, 0) is 22.3 Å². The molecule has 2 aromatic rings. The highest BCUT2D eigenvalue weighted by Gasteiger charge is 2.28. The minimum Gasteiger partial charge on any atom is -0.449 e. The van der Waals surface area contributed by atoms with Gasteiger partial charge in [0.25, 0.3) is 0 Å². The third-order valence-electron chi connectivity index (χ3n) is 4.18. The molecule has 2 aromatic carbocycles. The van der Waals surface area contributed by atoms with Crippen LogP contribution in [0.1, 0.15) is 17.0 Å². The summed E-state index contributed by atoms with van der Waals surface area (Å²) in [6.07, 6.45) is -1.28. The zero-order chi connectivity index (χ0) is 16.9. The Labute approximate surface area is 141 Å². The van der Waals surface area contributed by atoms with Crippen LogP contribution in [0.15, 0.2) is 48.5 Å². The number of rotatable bonds is 6. The molecule has 0 heterocycles. The quantitative estimate of drug-likeness (QED) is 0.855. The largest absolute Gasteiger partial charge is 0.449 e. The maximum Gasteiger partial charge on any atom is 0.407 e. The van der Waals surface area contributed by atoms with Crippen molar-refractivity contribution in [2.45, 2.75) is 12.0 Å². The summed E-state index contributed by atoms with van der Waals surface area (Å²) in [5.74, 6) is 0.0343. The molecule has 0 bridgehead atoms. The van der Waals surface area contributed by atoms with Gasteiger partial charge in [-0.2, -0.15) is 0 Å². The van der Waals surface area contributed by atoms with Crippen molar-refractivity contribution in [1.82, 2.24) is 5.32 Å². The van der Waals surface area contributed by atoms with Crippen molar-refractivity contribution in [3.63, 3.8) is 0 Å². The van der Waals surface area contributed by atoms with Crippen LogP contribution >= 0.6 is 0 Å². The molecular formula is C19H21NO4. The Bertz CT molecular complexity index is 671. The maximum absolute atomic E-state index is 11.8. The number of carbonyl (C=O) groups excluding carboxylic acids is 1. The van der Waals surface area contributed by atoms with Crippen LogP contribution in [0.5, 0.6) is 0 Å². The first-order chi connectivity index (χ1) is 11.7. The monoisotopic (exact) mass is 327 g/mol. The average molecular weight is 327 g/mol. The molecule has 0 aliphatic heterocycles. The summed E-state index contributed by atoms with van der Waals surface area (Å²) < 4.78 is 10.2. The predicted molar refractivity (Wildman–Crippen MR) is 91.0 cm³/mol. The third-order valence-corrected chi connectivity index (χ3v) is 4.18. The normalized spacial score (nSPS) is 13.9. The number of hydrogen-bond acceptors (Lipinski definition) is 4. The fraction of sp³-hybridized carbons (Fsp3) is 0.316. The van der Waals surface area contributed by atoms with Crippen molar-refractivity contribution in [1.29, 1.82) is 0 Å². The zero-order valence-corrected chi connectivity index (χ0v) is 13.6. The molecule has 5 heteroatoms. The Morgan fingerprint density at radius 2 is 1.71 bits per heavy atom. The molecule has 0 unspecified atom stereocenters. The van der Waals surface area contributed by atoms with Gasteiger partial charge < -0.3 is 19.9 Å². The highest BCUT2D eigenvalue weighted by Crippen LogP contribution is 2.44. The smallest absolute Gasteiger partial charge is 0.407 e. The van der Waals surface area contributed by atoms with Gasteiger partial charge in [0.2, 0.25) is 0 Å². The Morgan fingerprint density at radius 3 is 2.29 bits per heavy atom. The Morgan fingerprint density at radius 1 is 1.12 bits per heavy atom. The van der Waals surface area contributed by atoms with Crippen LogP contribution in [0, 0.1) is 0 Å². The van der Waals surface area contributed by atoms with E-state index in [1.807, 2.05) is 24.3 Å². The van der Waals surface area contributed by atoms with E-state index in [0.29, 0.717) is 0 Å². The van der Waals surface area contributed by atoms with E-state index in [-0.39, 0.29) is 25.7 Å². The molecule has 0 radical (unpaired) electrons. The molecule has 0 saturated carbocycles. The molecule has 0 fully saturated rings. The standard InChI is InChI=1S/C19H21NO4/c1-23-11-13(21)10-20-19(22)24-12-18-16-8-4-2-6-14(16)15-7-3-5-9-17(15)18/h2-9,13,18,21H,10-12H2,1H3,(H,20,22)/t13-/m1/s1. The molecule has 126 valence electrons. The molecule has 2 N–H and O–H groups in total. The van der Waals surface area contributed by atoms with E-state index in [1.165, 1.54) is 29.4 Å². The molecule has 1 atom stereocenters. The van der Waals surface area contributed by atoms with Crippen molar-refractivity contribution >= 4 is 6.09 Å². The molecule has 1 amide bonds. The van der Waals surface area contributed by atoms with Gasteiger partial charge in [0.05, 0.1) is 12.7 Å². The number of benzene rings is 2. The summed E-state index contributed by atoms with van der Waals surface area (Å²) >= 11 is 0. The molecule has 3 rings (SSSR count). The van der Waals surface area contributed by atoms with E-state index in [4.69, 9.17) is 9.47 Å². The van der Waals surface area contributed by atoms with E-state index < -0.39 is 12.2 Å². The Balaban J connectivity index is 1.64. The molecule has 1 aliphatic carbocycles. The lowest BCUT2D eigenvalue weighted by Crippen LogP contribution is -2.35. The van der Waals surface area contributed by atoms with Crippen molar-refractivity contribution < 1.29 is 19.4 Å². The highest BCUT2D eigenvalue weighted by molar-refractivity contribution is 5.79. The topological polar surface area (TPSA) is 67.8 Å². The number of amides is 1. The second kappa shape index (κ2) is 7.47. The van der Waals surface area contributed by atoms with Crippen LogP contribution in [0.2, 0.25) is 0 Å². The van der Waals surface area contributed by atoms with Gasteiger partial charge >= 0.3 is 6.09 Å². The van der Waals surface area contributed by atoms with Crippen molar-refractivity contribution in [3.8, 4) is 11.1 Å². The number of nitrogens with one attached hydrogen (secondary N) is 1. The summed E-state index contributed by atoms with van der Waals surface area (Å²) in [5.41, 5.74) is 4.73. The fourth-order valence-electron chi connectivity index (χ4n) is 3.10. The van der Waals surface area contributed by atoms with Crippen LogP contribution in [-0.2, 0) is 9.47 Å². The summed E-state index contributed by atoms with van der Waals surface area (Å²) in [6, 6.07) is 16.4. The fourth-order valence-corrected chi connectivity index (χ4v) is 3.10. The summed E-state index contributed by atoms with van der Waals surface area (Å²) in [7, 11) is 1.50. The summed E-state index contributed by atoms with van der Waals surface area (Å²) in [6.45, 7) is 0.536. The second-order valence-electron chi connectivity index (χ2n) is 5.82. The number of aliphatic hydroxyl groups is 1. The first kappa shape index (κ1) is 16.5. The highest BCUT2D eigenvalue weighted by atomic mass is 16.5. The van der Waals surface area contributed by atoms with Crippen molar-refractivity contribution in [2.75, 3.05) is 26.9 Å². The number of ether oxygens (including phenoxy) is 2. The molecular weight excluding hydrogens is 306 g/mol.